The van der Waals surface area contributed by atoms with Gasteiger partial charge in [0.2, 0.25) is 0 Å². The van der Waals surface area contributed by atoms with Crippen LogP contribution in [0.5, 0.6) is 0 Å². The molecule has 0 unspecified atom stereocenters. The van der Waals surface area contributed by atoms with Gasteiger partial charge in [0.1, 0.15) is 0 Å². The monoisotopic (exact) mass is 312 g/mol. The normalized spacial score (nSPS) is 10.8. The van der Waals surface area contributed by atoms with Crippen molar-refractivity contribution in [1.29, 1.82) is 0 Å². The van der Waals surface area contributed by atoms with E-state index >= 15 is 0 Å². The second-order valence-corrected chi connectivity index (χ2v) is 5.82. The van der Waals surface area contributed by atoms with Crippen molar-refractivity contribution >= 4 is 5.91 Å². The van der Waals surface area contributed by atoms with E-state index in [2.05, 4.69) is 10.3 Å². The van der Waals surface area contributed by atoms with E-state index in [-0.39, 0.29) is 12.0 Å². The summed E-state index contributed by atoms with van der Waals surface area (Å²) in [6.45, 7) is 7.32. The van der Waals surface area contributed by atoms with Gasteiger partial charge in [-0.2, -0.15) is 0 Å². The largest absolute Gasteiger partial charge is 0.379 e. The zero-order valence-electron chi connectivity index (χ0n) is 14.0. The Morgan fingerprint density at radius 2 is 1.96 bits per heavy atom. The number of amides is 1. The minimum atomic E-state index is -0.0571. The Morgan fingerprint density at radius 1 is 1.22 bits per heavy atom. The third kappa shape index (κ3) is 5.49. The summed E-state index contributed by atoms with van der Waals surface area (Å²) in [6, 6.07) is 11.5. The summed E-state index contributed by atoms with van der Waals surface area (Å²) in [5, 5.41) is 2.91. The molecule has 1 aromatic carbocycles. The molecule has 0 saturated heterocycles. The summed E-state index contributed by atoms with van der Waals surface area (Å²) in [5.41, 5.74) is 3.75. The molecule has 0 aliphatic rings. The third-order valence-corrected chi connectivity index (χ3v) is 3.42. The Balaban J connectivity index is 1.88. The molecule has 0 spiro atoms. The summed E-state index contributed by atoms with van der Waals surface area (Å²) >= 11 is 0. The third-order valence-electron chi connectivity index (χ3n) is 3.42. The maximum absolute atomic E-state index is 12.1. The fraction of sp³-hybridized carbons (Fsp3) is 0.368. The Morgan fingerprint density at radius 3 is 2.61 bits per heavy atom. The van der Waals surface area contributed by atoms with Crippen LogP contribution in [-0.2, 0) is 4.74 Å². The van der Waals surface area contributed by atoms with Crippen LogP contribution < -0.4 is 5.32 Å². The minimum Gasteiger partial charge on any atom is -0.379 e. The van der Waals surface area contributed by atoms with Gasteiger partial charge in [0.05, 0.1) is 11.8 Å². The number of pyridine rings is 1. The molecule has 2 aromatic rings. The molecule has 0 radical (unpaired) electrons. The Bertz CT molecular complexity index is 636. The van der Waals surface area contributed by atoms with E-state index in [0.29, 0.717) is 18.7 Å². The molecule has 4 heteroatoms. The van der Waals surface area contributed by atoms with E-state index in [1.807, 2.05) is 57.2 Å². The minimum absolute atomic E-state index is 0.0571. The van der Waals surface area contributed by atoms with Crippen molar-refractivity contribution < 1.29 is 9.53 Å². The Hall–Kier alpha value is -2.20. The van der Waals surface area contributed by atoms with Gasteiger partial charge in [-0.1, -0.05) is 12.1 Å². The van der Waals surface area contributed by atoms with E-state index in [4.69, 9.17) is 4.74 Å². The van der Waals surface area contributed by atoms with Crippen molar-refractivity contribution in [2.45, 2.75) is 33.3 Å². The van der Waals surface area contributed by atoms with Gasteiger partial charge in [0.15, 0.2) is 0 Å². The van der Waals surface area contributed by atoms with E-state index in [1.54, 1.807) is 6.20 Å². The molecule has 0 aliphatic carbocycles. The number of aryl methyl sites for hydroxylation is 1. The van der Waals surface area contributed by atoms with Gasteiger partial charge in [-0.3, -0.25) is 9.78 Å². The highest BCUT2D eigenvalue weighted by Gasteiger charge is 2.06. The van der Waals surface area contributed by atoms with Crippen molar-refractivity contribution in [1.82, 2.24) is 10.3 Å². The molecule has 23 heavy (non-hydrogen) atoms. The quantitative estimate of drug-likeness (QED) is 0.795. The molecular formula is C19H24N2O2. The molecule has 1 N–H and O–H groups in total. The second-order valence-electron chi connectivity index (χ2n) is 5.82. The van der Waals surface area contributed by atoms with Gasteiger partial charge in [-0.05, 0) is 57.0 Å². The van der Waals surface area contributed by atoms with Crippen LogP contribution in [0.25, 0.3) is 11.3 Å². The first-order valence-corrected chi connectivity index (χ1v) is 7.99. The zero-order valence-corrected chi connectivity index (χ0v) is 14.0. The predicted molar refractivity (Wildman–Crippen MR) is 92.4 cm³/mol. The van der Waals surface area contributed by atoms with Crippen molar-refractivity contribution in [2.24, 2.45) is 0 Å². The molecule has 2 rings (SSSR count). The highest BCUT2D eigenvalue weighted by molar-refractivity contribution is 5.94. The lowest BCUT2D eigenvalue weighted by Crippen LogP contribution is -2.25. The highest BCUT2D eigenvalue weighted by atomic mass is 16.5. The fourth-order valence-electron chi connectivity index (χ4n) is 2.18. The number of aromatic nitrogens is 1. The predicted octanol–water partition coefficient (Wildman–Crippen LogP) is 3.60. The fourth-order valence-corrected chi connectivity index (χ4v) is 2.18. The first-order chi connectivity index (χ1) is 11.1. The molecule has 0 bridgehead atoms. The SMILES string of the molecule is Cc1ccnc(-c2ccc(C(=O)NCCCOC(C)C)cc2)c1. The van der Waals surface area contributed by atoms with Gasteiger partial charge < -0.3 is 10.1 Å². The summed E-state index contributed by atoms with van der Waals surface area (Å²) in [4.78, 5) is 16.4. The number of hydrogen-bond donors (Lipinski definition) is 1. The Labute approximate surface area is 137 Å². The smallest absolute Gasteiger partial charge is 0.251 e. The first-order valence-electron chi connectivity index (χ1n) is 7.99. The number of nitrogens with zero attached hydrogens (tertiary/aromatic N) is 1. The molecule has 0 saturated carbocycles. The summed E-state index contributed by atoms with van der Waals surface area (Å²) in [5.74, 6) is -0.0571. The summed E-state index contributed by atoms with van der Waals surface area (Å²) < 4.78 is 5.45. The number of hydrogen-bond acceptors (Lipinski definition) is 3. The van der Waals surface area contributed by atoms with E-state index in [0.717, 1.165) is 17.7 Å². The summed E-state index contributed by atoms with van der Waals surface area (Å²) in [7, 11) is 0. The van der Waals surface area contributed by atoms with Crippen molar-refractivity contribution in [3.63, 3.8) is 0 Å². The molecule has 1 heterocycles. The molecular weight excluding hydrogens is 288 g/mol. The van der Waals surface area contributed by atoms with E-state index in [1.165, 1.54) is 5.56 Å². The van der Waals surface area contributed by atoms with Crippen LogP contribution in [0.2, 0.25) is 0 Å². The van der Waals surface area contributed by atoms with Crippen molar-refractivity contribution in [2.75, 3.05) is 13.2 Å². The average Bonchev–Trinajstić information content (AvgIpc) is 2.54. The maximum Gasteiger partial charge on any atom is 0.251 e. The molecule has 0 aliphatic heterocycles. The molecule has 122 valence electrons. The topological polar surface area (TPSA) is 51.2 Å². The number of ether oxygens (including phenoxy) is 1. The van der Waals surface area contributed by atoms with E-state index in [9.17, 15) is 4.79 Å². The van der Waals surface area contributed by atoms with Crippen LogP contribution >= 0.6 is 0 Å². The van der Waals surface area contributed by atoms with E-state index < -0.39 is 0 Å². The lowest BCUT2D eigenvalue weighted by Gasteiger charge is -2.09. The van der Waals surface area contributed by atoms with Crippen molar-refractivity contribution in [3.8, 4) is 11.3 Å². The van der Waals surface area contributed by atoms with Crippen LogP contribution in [0, 0.1) is 6.92 Å². The van der Waals surface area contributed by atoms with Crippen LogP contribution in [0.3, 0.4) is 0 Å². The van der Waals surface area contributed by atoms with Crippen LogP contribution in [0.4, 0.5) is 0 Å². The van der Waals surface area contributed by atoms with Crippen LogP contribution in [0.1, 0.15) is 36.2 Å². The number of nitrogens with one attached hydrogen (secondary N) is 1. The molecule has 0 fully saturated rings. The lowest BCUT2D eigenvalue weighted by atomic mass is 10.1. The summed E-state index contributed by atoms with van der Waals surface area (Å²) in [6.07, 6.45) is 2.84. The standard InChI is InChI=1S/C19H24N2O2/c1-14(2)23-12-4-10-21-19(22)17-7-5-16(6-8-17)18-13-15(3)9-11-20-18/h5-9,11,13-14H,4,10,12H2,1-3H3,(H,21,22). The van der Waals surface area contributed by atoms with Gasteiger partial charge in [-0.25, -0.2) is 0 Å². The molecule has 1 aromatic heterocycles. The van der Waals surface area contributed by atoms with Gasteiger partial charge in [0, 0.05) is 30.5 Å². The van der Waals surface area contributed by atoms with Crippen LogP contribution in [0.15, 0.2) is 42.6 Å². The zero-order chi connectivity index (χ0) is 16.7. The molecule has 4 nitrogen and oxygen atoms in total. The van der Waals surface area contributed by atoms with Gasteiger partial charge >= 0.3 is 0 Å². The van der Waals surface area contributed by atoms with Gasteiger partial charge in [0.25, 0.3) is 5.91 Å². The number of rotatable bonds is 7. The number of carbonyl (C=O) groups excluding carboxylic acids is 1. The first kappa shape index (κ1) is 17.2. The maximum atomic E-state index is 12.1. The van der Waals surface area contributed by atoms with Crippen LogP contribution in [-0.4, -0.2) is 30.1 Å². The molecule has 1 amide bonds. The second kappa shape index (κ2) is 8.44. The lowest BCUT2D eigenvalue weighted by molar-refractivity contribution is 0.0757. The molecule has 0 atom stereocenters. The number of benzene rings is 1. The Kier molecular flexibility index (Phi) is 6.29. The number of carbonyl (C=O) groups is 1. The average molecular weight is 312 g/mol. The highest BCUT2D eigenvalue weighted by Crippen LogP contribution is 2.18. The van der Waals surface area contributed by atoms with Crippen molar-refractivity contribution in [3.05, 3.63) is 53.7 Å². The van der Waals surface area contributed by atoms with Gasteiger partial charge in [-0.15, -0.1) is 0 Å².